The molecule has 0 fully saturated rings. The first-order chi connectivity index (χ1) is 25.8. The van der Waals surface area contributed by atoms with E-state index in [1.54, 1.807) is 0 Å². The second-order valence-electron chi connectivity index (χ2n) is 13.9. The van der Waals surface area contributed by atoms with Gasteiger partial charge >= 0.3 is 0 Å². The third kappa shape index (κ3) is 4.96. The molecule has 0 spiro atoms. The van der Waals surface area contributed by atoms with Crippen molar-refractivity contribution in [2.45, 2.75) is 19.8 Å². The lowest BCUT2D eigenvalue weighted by Crippen LogP contribution is -1.93. The second-order valence-corrected chi connectivity index (χ2v) is 14.9. The quantitative estimate of drug-likeness (QED) is 0.153. The maximum Gasteiger partial charge on any atom is 0.0361 e. The number of thiophene rings is 1. The monoisotopic (exact) mass is 680 g/mol. The van der Waals surface area contributed by atoms with Crippen LogP contribution in [0.1, 0.15) is 18.9 Å². The summed E-state index contributed by atoms with van der Waals surface area (Å²) >= 11 is 1.92. The summed E-state index contributed by atoms with van der Waals surface area (Å²) in [6.07, 6.45) is 2.27. The van der Waals surface area contributed by atoms with Crippen molar-refractivity contribution in [3.05, 3.63) is 181 Å². The molecule has 1 heteroatoms. The van der Waals surface area contributed by atoms with Crippen LogP contribution in [0.25, 0.3) is 97.0 Å². The number of hydrogen-bond donors (Lipinski definition) is 0. The van der Waals surface area contributed by atoms with Gasteiger partial charge in [-0.15, -0.1) is 11.3 Å². The van der Waals surface area contributed by atoms with E-state index in [2.05, 4.69) is 183 Å². The van der Waals surface area contributed by atoms with E-state index in [1.165, 1.54) is 103 Å². The van der Waals surface area contributed by atoms with Crippen LogP contribution in [0.2, 0.25) is 0 Å². The van der Waals surface area contributed by atoms with Gasteiger partial charge in [-0.2, -0.15) is 0 Å². The molecule has 0 N–H and O–H groups in total. The molecule has 1 aromatic heterocycles. The first kappa shape index (κ1) is 30.8. The van der Waals surface area contributed by atoms with Gasteiger partial charge in [0.2, 0.25) is 0 Å². The Labute approximate surface area is 308 Å². The average Bonchev–Trinajstić information content (AvgIpc) is 3.58. The molecule has 10 aromatic rings. The molecule has 0 atom stereocenters. The standard InChI is InChI=1S/C51H36S/c1-2-14-33-27-30-45-48(31-33)52-47-26-13-25-39(51(45)47)37-18-6-7-19-38(37)49-40-20-8-10-22-42(40)50(43-23-11-9-21-41(43)49)44-24-12-17-35-28-29-36(32-46(35)44)34-15-4-3-5-16-34/h3-13,15-32H,2,14H2,1H3. The topological polar surface area (TPSA) is 0 Å². The van der Waals surface area contributed by atoms with Gasteiger partial charge in [0.05, 0.1) is 0 Å². The van der Waals surface area contributed by atoms with Crippen molar-refractivity contribution in [1.29, 1.82) is 0 Å². The summed E-state index contributed by atoms with van der Waals surface area (Å²) in [6, 6.07) is 65.5. The maximum atomic E-state index is 2.41. The Morgan fingerprint density at radius 2 is 1.00 bits per heavy atom. The van der Waals surface area contributed by atoms with Crippen molar-refractivity contribution in [1.82, 2.24) is 0 Å². The lowest BCUT2D eigenvalue weighted by Gasteiger charge is -2.21. The van der Waals surface area contributed by atoms with Gasteiger partial charge in [0, 0.05) is 20.2 Å². The Morgan fingerprint density at radius 3 is 1.73 bits per heavy atom. The maximum absolute atomic E-state index is 2.41. The molecule has 52 heavy (non-hydrogen) atoms. The highest BCUT2D eigenvalue weighted by molar-refractivity contribution is 7.26. The zero-order chi connectivity index (χ0) is 34.6. The van der Waals surface area contributed by atoms with E-state index in [9.17, 15) is 0 Å². The van der Waals surface area contributed by atoms with Crippen LogP contribution in [0, 0.1) is 0 Å². The van der Waals surface area contributed by atoms with E-state index in [1.807, 2.05) is 11.3 Å². The predicted octanol–water partition coefficient (Wildman–Crippen LogP) is 15.1. The van der Waals surface area contributed by atoms with Crippen molar-refractivity contribution < 1.29 is 0 Å². The van der Waals surface area contributed by atoms with Gasteiger partial charge in [0.25, 0.3) is 0 Å². The van der Waals surface area contributed by atoms with Gasteiger partial charge in [-0.1, -0.05) is 171 Å². The lowest BCUT2D eigenvalue weighted by molar-refractivity contribution is 0.924. The summed E-state index contributed by atoms with van der Waals surface area (Å²) in [6.45, 7) is 2.26. The van der Waals surface area contributed by atoms with Gasteiger partial charge in [0.15, 0.2) is 0 Å². The Kier molecular flexibility index (Phi) is 7.48. The van der Waals surface area contributed by atoms with Crippen LogP contribution in [-0.2, 0) is 6.42 Å². The van der Waals surface area contributed by atoms with E-state index >= 15 is 0 Å². The molecule has 0 aliphatic heterocycles. The van der Waals surface area contributed by atoms with Crippen LogP contribution >= 0.6 is 11.3 Å². The highest BCUT2D eigenvalue weighted by Gasteiger charge is 2.21. The van der Waals surface area contributed by atoms with Crippen LogP contribution in [-0.4, -0.2) is 0 Å². The van der Waals surface area contributed by atoms with Crippen molar-refractivity contribution in [2.24, 2.45) is 0 Å². The molecule has 0 amide bonds. The highest BCUT2D eigenvalue weighted by Crippen LogP contribution is 2.49. The molecular formula is C51H36S. The Bertz CT molecular complexity index is 2910. The minimum absolute atomic E-state index is 1.11. The predicted molar refractivity (Wildman–Crippen MR) is 228 cm³/mol. The fraction of sp³-hybridized carbons (Fsp3) is 0.0588. The molecule has 0 nitrogen and oxygen atoms in total. The average molecular weight is 681 g/mol. The van der Waals surface area contributed by atoms with E-state index in [-0.39, 0.29) is 0 Å². The molecule has 0 aliphatic carbocycles. The summed E-state index contributed by atoms with van der Waals surface area (Å²) in [5.41, 5.74) is 11.6. The van der Waals surface area contributed by atoms with E-state index in [4.69, 9.17) is 0 Å². The van der Waals surface area contributed by atoms with Crippen molar-refractivity contribution in [2.75, 3.05) is 0 Å². The van der Waals surface area contributed by atoms with Crippen LogP contribution < -0.4 is 0 Å². The molecule has 0 saturated carbocycles. The number of fused-ring (bicyclic) bond motifs is 6. The Morgan fingerprint density at radius 1 is 0.385 bits per heavy atom. The normalized spacial score (nSPS) is 11.7. The van der Waals surface area contributed by atoms with Gasteiger partial charge in [-0.05, 0) is 107 Å². The first-order valence-corrected chi connectivity index (χ1v) is 19.1. The summed E-state index contributed by atoms with van der Waals surface area (Å²) in [5, 5.41) is 10.3. The van der Waals surface area contributed by atoms with E-state index in [0.717, 1.165) is 12.8 Å². The molecule has 1 heterocycles. The van der Waals surface area contributed by atoms with Crippen molar-refractivity contribution in [3.8, 4) is 44.5 Å². The van der Waals surface area contributed by atoms with Crippen molar-refractivity contribution >= 4 is 63.8 Å². The third-order valence-corrected chi connectivity index (χ3v) is 11.9. The number of benzene rings is 9. The molecule has 0 unspecified atom stereocenters. The summed E-state index contributed by atoms with van der Waals surface area (Å²) in [7, 11) is 0. The summed E-state index contributed by atoms with van der Waals surface area (Å²) in [4.78, 5) is 0. The van der Waals surface area contributed by atoms with Crippen LogP contribution in [0.4, 0.5) is 0 Å². The first-order valence-electron chi connectivity index (χ1n) is 18.3. The molecule has 0 saturated heterocycles. The Hall–Kier alpha value is -6.02. The van der Waals surface area contributed by atoms with Crippen LogP contribution in [0.15, 0.2) is 176 Å². The largest absolute Gasteiger partial charge is 0.135 e. The zero-order valence-corrected chi connectivity index (χ0v) is 29.9. The number of rotatable bonds is 6. The van der Waals surface area contributed by atoms with Gasteiger partial charge in [0.1, 0.15) is 0 Å². The van der Waals surface area contributed by atoms with E-state index < -0.39 is 0 Å². The SMILES string of the molecule is CCCc1ccc2c(c1)sc1cccc(-c3ccccc3-c3c4ccccc4c(-c4cccc5ccc(-c6ccccc6)cc45)c4ccccc34)c12. The number of hydrogen-bond acceptors (Lipinski definition) is 1. The van der Waals surface area contributed by atoms with Crippen LogP contribution in [0.5, 0.6) is 0 Å². The van der Waals surface area contributed by atoms with Gasteiger partial charge in [-0.25, -0.2) is 0 Å². The molecular weight excluding hydrogens is 645 g/mol. The fourth-order valence-corrected chi connectivity index (χ4v) is 9.68. The third-order valence-electron chi connectivity index (χ3n) is 10.8. The number of aryl methyl sites for hydroxylation is 1. The molecule has 0 radical (unpaired) electrons. The molecule has 10 rings (SSSR count). The fourth-order valence-electron chi connectivity index (χ4n) is 8.48. The molecule has 9 aromatic carbocycles. The smallest absolute Gasteiger partial charge is 0.0361 e. The van der Waals surface area contributed by atoms with Crippen LogP contribution in [0.3, 0.4) is 0 Å². The minimum atomic E-state index is 1.11. The molecule has 0 bridgehead atoms. The summed E-state index contributed by atoms with van der Waals surface area (Å²) in [5.74, 6) is 0. The second kappa shape index (κ2) is 12.6. The van der Waals surface area contributed by atoms with E-state index in [0.29, 0.717) is 0 Å². The molecule has 0 aliphatic rings. The minimum Gasteiger partial charge on any atom is -0.135 e. The van der Waals surface area contributed by atoms with Gasteiger partial charge in [-0.3, -0.25) is 0 Å². The van der Waals surface area contributed by atoms with Gasteiger partial charge < -0.3 is 0 Å². The summed E-state index contributed by atoms with van der Waals surface area (Å²) < 4.78 is 2.71. The molecule has 246 valence electrons. The zero-order valence-electron chi connectivity index (χ0n) is 29.1. The Balaban J connectivity index is 1.26. The lowest BCUT2D eigenvalue weighted by atomic mass is 9.82. The highest BCUT2D eigenvalue weighted by atomic mass is 32.1. The van der Waals surface area contributed by atoms with Crippen molar-refractivity contribution in [3.63, 3.8) is 0 Å².